The molecule has 1 aliphatic rings. The lowest BCUT2D eigenvalue weighted by Crippen LogP contribution is -2.28. The van der Waals surface area contributed by atoms with Crippen LogP contribution in [0.25, 0.3) is 86.6 Å². The van der Waals surface area contributed by atoms with Crippen LogP contribution in [0.5, 0.6) is 0 Å². The zero-order chi connectivity index (χ0) is 48.3. The lowest BCUT2D eigenvalue weighted by molar-refractivity contribution is 0.769. The van der Waals surface area contributed by atoms with E-state index in [1.807, 2.05) is 11.3 Å². The Labute approximate surface area is 430 Å². The molecule has 0 radical (unpaired) electrons. The maximum absolute atomic E-state index is 2.45. The zero-order valence-corrected chi connectivity index (χ0v) is 40.8. The molecule has 0 aliphatic heterocycles. The highest BCUT2D eigenvalue weighted by Crippen LogP contribution is 2.57. The summed E-state index contributed by atoms with van der Waals surface area (Å²) in [7, 11) is 0. The summed E-state index contributed by atoms with van der Waals surface area (Å²) in [4.78, 5) is 2.40. The maximum Gasteiger partial charge on any atom is 0.0713 e. The molecule has 0 amide bonds. The molecular formula is C71H47NS. The predicted molar refractivity (Wildman–Crippen MR) is 311 cm³/mol. The first-order valence-electron chi connectivity index (χ1n) is 25.1. The quantitative estimate of drug-likeness (QED) is 0.139. The first kappa shape index (κ1) is 42.8. The van der Waals surface area contributed by atoms with E-state index in [9.17, 15) is 0 Å². The Morgan fingerprint density at radius 1 is 0.274 bits per heavy atom. The second-order valence-corrected chi connectivity index (χ2v) is 20.2. The van der Waals surface area contributed by atoms with Crippen LogP contribution in [0.2, 0.25) is 0 Å². The number of hydrogen-bond acceptors (Lipinski definition) is 2. The van der Waals surface area contributed by atoms with Crippen LogP contribution in [0.4, 0.5) is 17.1 Å². The molecule has 0 spiro atoms. The minimum atomic E-state index is -0.461. The Morgan fingerprint density at radius 2 is 0.781 bits per heavy atom. The van der Waals surface area contributed by atoms with Gasteiger partial charge >= 0.3 is 0 Å². The molecule has 0 saturated carbocycles. The van der Waals surface area contributed by atoms with Crippen LogP contribution in [0.15, 0.2) is 285 Å². The number of hydrogen-bond donors (Lipinski definition) is 0. The van der Waals surface area contributed by atoms with Gasteiger partial charge in [-0.15, -0.1) is 11.3 Å². The highest BCUT2D eigenvalue weighted by atomic mass is 32.1. The van der Waals surface area contributed by atoms with Gasteiger partial charge in [0.1, 0.15) is 0 Å². The first-order chi connectivity index (χ1) is 36.2. The maximum atomic E-state index is 2.45. The van der Waals surface area contributed by atoms with Crippen LogP contribution < -0.4 is 4.90 Å². The van der Waals surface area contributed by atoms with Crippen molar-refractivity contribution >= 4 is 59.3 Å². The summed E-state index contributed by atoms with van der Waals surface area (Å²) in [6.07, 6.45) is 0. The SMILES string of the molecule is c1ccc(C2(c3ccccc3)c3ccccc3-c3ccc(-c4ccc(N(c5ccc(-c6cccc(-c7cccc8c7sc7ccccc78)c6)cc5)c5cccc(-c6cccc7ccccc67)c5)cc4)cc32)cc1. The number of benzene rings is 12. The second-order valence-electron chi connectivity index (χ2n) is 19.2. The van der Waals surface area contributed by atoms with Gasteiger partial charge in [0, 0.05) is 37.2 Å². The molecule has 1 aromatic heterocycles. The van der Waals surface area contributed by atoms with Gasteiger partial charge in [0.15, 0.2) is 0 Å². The molecule has 342 valence electrons. The number of rotatable bonds is 9. The predicted octanol–water partition coefficient (Wildman–Crippen LogP) is 19.7. The van der Waals surface area contributed by atoms with Crippen molar-refractivity contribution in [2.75, 3.05) is 4.90 Å². The number of anilines is 3. The summed E-state index contributed by atoms with van der Waals surface area (Å²) in [5.41, 5.74) is 20.2. The Balaban J connectivity index is 0.864. The van der Waals surface area contributed by atoms with Gasteiger partial charge in [-0.25, -0.2) is 0 Å². The fourth-order valence-electron chi connectivity index (χ4n) is 11.8. The normalized spacial score (nSPS) is 12.5. The topological polar surface area (TPSA) is 3.24 Å². The molecule has 12 aromatic carbocycles. The third-order valence-electron chi connectivity index (χ3n) is 15.2. The fourth-order valence-corrected chi connectivity index (χ4v) is 13.0. The van der Waals surface area contributed by atoms with Crippen molar-refractivity contribution in [3.05, 3.63) is 307 Å². The van der Waals surface area contributed by atoms with Crippen LogP contribution in [-0.2, 0) is 5.41 Å². The van der Waals surface area contributed by atoms with Crippen LogP contribution in [0, 0.1) is 0 Å². The summed E-state index contributed by atoms with van der Waals surface area (Å²) < 4.78 is 2.65. The molecule has 1 nitrogen and oxygen atoms in total. The van der Waals surface area contributed by atoms with Crippen molar-refractivity contribution in [1.82, 2.24) is 0 Å². The monoisotopic (exact) mass is 945 g/mol. The Kier molecular flexibility index (Phi) is 10.3. The van der Waals surface area contributed by atoms with Crippen molar-refractivity contribution in [2.24, 2.45) is 0 Å². The van der Waals surface area contributed by atoms with Crippen LogP contribution in [-0.4, -0.2) is 0 Å². The van der Waals surface area contributed by atoms with Crippen molar-refractivity contribution in [2.45, 2.75) is 5.41 Å². The van der Waals surface area contributed by atoms with Crippen LogP contribution in [0.3, 0.4) is 0 Å². The Bertz CT molecular complexity index is 4140. The van der Waals surface area contributed by atoms with Gasteiger partial charge < -0.3 is 4.90 Å². The highest BCUT2D eigenvalue weighted by molar-refractivity contribution is 7.26. The standard InChI is InChI=1S/C71H47NS/c1-3-22-55(23-4-1)71(56-24-5-2-6-25-56)67-33-11-9-28-63(67)64-44-39-52(47-68(64)71)49-37-42-58(43-38-49)72(59-26-14-21-54(46-59)61-30-15-18-50-17-7-8-27-60(50)61)57-40-35-48(36-41-57)51-19-13-20-53(45-51)62-31-16-32-66-65-29-10-12-34-69(65)73-70(62)66/h1-47H. The van der Waals surface area contributed by atoms with Crippen molar-refractivity contribution < 1.29 is 0 Å². The lowest BCUT2D eigenvalue weighted by Gasteiger charge is -2.34. The smallest absolute Gasteiger partial charge is 0.0713 e. The minimum Gasteiger partial charge on any atom is -0.310 e. The Hall–Kier alpha value is -9.08. The molecule has 0 atom stereocenters. The van der Waals surface area contributed by atoms with Crippen molar-refractivity contribution in [3.8, 4) is 55.6 Å². The van der Waals surface area contributed by atoms with E-state index in [-0.39, 0.29) is 0 Å². The molecule has 0 bridgehead atoms. The molecule has 13 aromatic rings. The summed E-state index contributed by atoms with van der Waals surface area (Å²) in [5, 5.41) is 5.12. The first-order valence-corrected chi connectivity index (χ1v) is 26.0. The summed E-state index contributed by atoms with van der Waals surface area (Å²) in [6.45, 7) is 0. The van der Waals surface area contributed by atoms with E-state index in [0.717, 1.165) is 17.1 Å². The van der Waals surface area contributed by atoms with E-state index in [2.05, 4.69) is 290 Å². The van der Waals surface area contributed by atoms with Gasteiger partial charge in [0.05, 0.1) is 5.41 Å². The average Bonchev–Trinajstić information content (AvgIpc) is 4.00. The molecule has 0 N–H and O–H groups in total. The zero-order valence-electron chi connectivity index (χ0n) is 40.0. The molecule has 2 heteroatoms. The molecule has 1 heterocycles. The molecule has 14 rings (SSSR count). The molecule has 0 fully saturated rings. The molecule has 1 aliphatic carbocycles. The Morgan fingerprint density at radius 3 is 1.53 bits per heavy atom. The van der Waals surface area contributed by atoms with Gasteiger partial charge in [0.2, 0.25) is 0 Å². The van der Waals surface area contributed by atoms with E-state index in [1.54, 1.807) is 0 Å². The third-order valence-corrected chi connectivity index (χ3v) is 16.4. The van der Waals surface area contributed by atoms with Gasteiger partial charge in [0.25, 0.3) is 0 Å². The molecule has 0 unspecified atom stereocenters. The van der Waals surface area contributed by atoms with E-state index >= 15 is 0 Å². The largest absolute Gasteiger partial charge is 0.310 e. The molecule has 0 saturated heterocycles. The minimum absolute atomic E-state index is 0.461. The van der Waals surface area contributed by atoms with E-state index in [0.29, 0.717) is 0 Å². The summed E-state index contributed by atoms with van der Waals surface area (Å²) >= 11 is 1.88. The number of nitrogens with zero attached hydrogens (tertiary/aromatic N) is 1. The summed E-state index contributed by atoms with van der Waals surface area (Å²) in [6, 6.07) is 105. The van der Waals surface area contributed by atoms with Gasteiger partial charge in [-0.05, 0) is 143 Å². The van der Waals surface area contributed by atoms with Gasteiger partial charge in [-0.3, -0.25) is 0 Å². The van der Waals surface area contributed by atoms with Gasteiger partial charge in [-0.1, -0.05) is 231 Å². The lowest BCUT2D eigenvalue weighted by atomic mass is 9.67. The number of thiophene rings is 1. The van der Waals surface area contributed by atoms with Crippen LogP contribution >= 0.6 is 11.3 Å². The van der Waals surface area contributed by atoms with E-state index in [4.69, 9.17) is 0 Å². The van der Waals surface area contributed by atoms with E-state index in [1.165, 1.54) is 109 Å². The molecular weight excluding hydrogens is 899 g/mol. The second kappa shape index (κ2) is 17.6. The molecule has 73 heavy (non-hydrogen) atoms. The van der Waals surface area contributed by atoms with Crippen molar-refractivity contribution in [3.63, 3.8) is 0 Å². The highest BCUT2D eigenvalue weighted by Gasteiger charge is 2.46. The fraction of sp³-hybridized carbons (Fsp3) is 0.0141. The average molecular weight is 946 g/mol. The van der Waals surface area contributed by atoms with Crippen molar-refractivity contribution in [1.29, 1.82) is 0 Å². The van der Waals surface area contributed by atoms with Gasteiger partial charge in [-0.2, -0.15) is 0 Å². The third kappa shape index (κ3) is 7.13. The van der Waals surface area contributed by atoms with E-state index < -0.39 is 5.41 Å². The van der Waals surface area contributed by atoms with Crippen LogP contribution in [0.1, 0.15) is 22.3 Å². The summed E-state index contributed by atoms with van der Waals surface area (Å²) in [5.74, 6) is 0. The number of fused-ring (bicyclic) bond motifs is 7.